The number of hydrogen-bond donors (Lipinski definition) is 1. The Morgan fingerprint density at radius 1 is 1.07 bits per heavy atom. The van der Waals surface area contributed by atoms with Crippen LogP contribution in [0.1, 0.15) is 12.8 Å². The number of carbonyl (C=O) groups is 3. The van der Waals surface area contributed by atoms with E-state index in [1.807, 2.05) is 12.2 Å². The zero-order chi connectivity index (χ0) is 19.8. The molecule has 0 spiro atoms. The molecule has 1 fully saturated rings. The molecule has 1 N–H and O–H groups in total. The predicted molar refractivity (Wildman–Crippen MR) is 98.0 cm³/mol. The van der Waals surface area contributed by atoms with Crippen LogP contribution in [0, 0.1) is 11.8 Å². The van der Waals surface area contributed by atoms with Gasteiger partial charge in [0.05, 0.1) is 16.7 Å². The Morgan fingerprint density at radius 3 is 2.07 bits per heavy atom. The van der Waals surface area contributed by atoms with Crippen LogP contribution >= 0.6 is 0 Å². The molecule has 1 heterocycles. The minimum atomic E-state index is -3.55. The minimum Gasteiger partial charge on any atom is -0.325 e. The number of anilines is 1. The molecule has 2 aliphatic rings. The van der Waals surface area contributed by atoms with Gasteiger partial charge in [0.1, 0.15) is 6.54 Å². The standard InChI is InChI=1S/C18H21N3O5S/c1-20(2)27(25,26)13-9-7-12(8-10-13)19-16(22)11-21-17(23)14-5-3-4-6-15(14)18(21)24/h3-4,7-10,14-15H,5-6,11H2,1-2H3,(H,19,22)/t14-,15-/m0/s1. The Kier molecular flexibility index (Phi) is 5.16. The van der Waals surface area contributed by atoms with E-state index >= 15 is 0 Å². The van der Waals surface area contributed by atoms with Crippen molar-refractivity contribution in [3.05, 3.63) is 36.4 Å². The number of fused-ring (bicyclic) bond motifs is 1. The third-order valence-corrected chi connectivity index (χ3v) is 6.65. The number of imide groups is 1. The first-order valence-corrected chi connectivity index (χ1v) is 9.98. The fourth-order valence-corrected chi connectivity index (χ4v) is 4.19. The Bertz CT molecular complexity index is 879. The molecule has 1 aromatic rings. The second-order valence-corrected chi connectivity index (χ2v) is 8.93. The lowest BCUT2D eigenvalue weighted by Crippen LogP contribution is -2.38. The quantitative estimate of drug-likeness (QED) is 0.591. The molecule has 1 aromatic carbocycles. The number of nitrogens with zero attached hydrogens (tertiary/aromatic N) is 2. The number of sulfonamides is 1. The van der Waals surface area contributed by atoms with Crippen molar-refractivity contribution in [1.29, 1.82) is 0 Å². The van der Waals surface area contributed by atoms with E-state index in [1.165, 1.54) is 38.4 Å². The molecular weight excluding hydrogens is 370 g/mol. The summed E-state index contributed by atoms with van der Waals surface area (Å²) in [6, 6.07) is 5.70. The van der Waals surface area contributed by atoms with Crippen LogP contribution in [0.15, 0.2) is 41.3 Å². The van der Waals surface area contributed by atoms with E-state index in [9.17, 15) is 22.8 Å². The molecule has 1 saturated heterocycles. The van der Waals surface area contributed by atoms with Gasteiger partial charge >= 0.3 is 0 Å². The second kappa shape index (κ2) is 7.24. The van der Waals surface area contributed by atoms with Crippen LogP contribution in [0.25, 0.3) is 0 Å². The zero-order valence-electron chi connectivity index (χ0n) is 15.1. The zero-order valence-corrected chi connectivity index (χ0v) is 15.9. The molecule has 0 saturated carbocycles. The van der Waals surface area contributed by atoms with E-state index in [-0.39, 0.29) is 35.1 Å². The molecule has 1 aliphatic carbocycles. The summed E-state index contributed by atoms with van der Waals surface area (Å²) in [5.41, 5.74) is 0.385. The van der Waals surface area contributed by atoms with Crippen LogP contribution in [0.5, 0.6) is 0 Å². The Morgan fingerprint density at radius 2 is 1.59 bits per heavy atom. The highest BCUT2D eigenvalue weighted by molar-refractivity contribution is 7.89. The van der Waals surface area contributed by atoms with E-state index in [0.29, 0.717) is 18.5 Å². The van der Waals surface area contributed by atoms with Gasteiger partial charge in [0.15, 0.2) is 0 Å². The molecule has 2 atom stereocenters. The van der Waals surface area contributed by atoms with Gasteiger partial charge in [-0.1, -0.05) is 12.2 Å². The smallest absolute Gasteiger partial charge is 0.244 e. The van der Waals surface area contributed by atoms with Gasteiger partial charge in [-0.25, -0.2) is 12.7 Å². The first-order valence-electron chi connectivity index (χ1n) is 8.54. The summed E-state index contributed by atoms with van der Waals surface area (Å²) in [4.78, 5) is 38.1. The Hall–Kier alpha value is -2.52. The number of hydrogen-bond acceptors (Lipinski definition) is 5. The highest BCUT2D eigenvalue weighted by Crippen LogP contribution is 2.34. The summed E-state index contributed by atoms with van der Waals surface area (Å²) < 4.78 is 25.2. The van der Waals surface area contributed by atoms with Crippen LogP contribution in [-0.4, -0.2) is 56.0 Å². The maximum atomic E-state index is 12.4. The maximum Gasteiger partial charge on any atom is 0.244 e. The Labute approximate surface area is 157 Å². The van der Waals surface area contributed by atoms with Crippen molar-refractivity contribution < 1.29 is 22.8 Å². The van der Waals surface area contributed by atoms with E-state index in [4.69, 9.17) is 0 Å². The Balaban J connectivity index is 1.65. The van der Waals surface area contributed by atoms with Crippen molar-refractivity contribution in [2.45, 2.75) is 17.7 Å². The summed E-state index contributed by atoms with van der Waals surface area (Å²) in [5, 5.41) is 2.59. The van der Waals surface area contributed by atoms with Gasteiger partial charge in [0, 0.05) is 19.8 Å². The van der Waals surface area contributed by atoms with Gasteiger partial charge in [0.2, 0.25) is 27.7 Å². The molecule has 0 unspecified atom stereocenters. The lowest BCUT2D eigenvalue weighted by molar-refractivity contribution is -0.142. The molecule has 0 aromatic heterocycles. The summed E-state index contributed by atoms with van der Waals surface area (Å²) in [7, 11) is -0.685. The molecule has 9 heteroatoms. The monoisotopic (exact) mass is 391 g/mol. The topological polar surface area (TPSA) is 104 Å². The van der Waals surface area contributed by atoms with Crippen LogP contribution in [0.3, 0.4) is 0 Å². The average Bonchev–Trinajstić information content (AvgIpc) is 2.87. The van der Waals surface area contributed by atoms with Crippen molar-refractivity contribution >= 4 is 33.4 Å². The van der Waals surface area contributed by atoms with Gasteiger partial charge < -0.3 is 5.32 Å². The highest BCUT2D eigenvalue weighted by Gasteiger charge is 2.47. The number of amides is 3. The van der Waals surface area contributed by atoms with Gasteiger partial charge in [-0.05, 0) is 37.1 Å². The van der Waals surface area contributed by atoms with Crippen LogP contribution in [0.2, 0.25) is 0 Å². The third kappa shape index (κ3) is 3.65. The molecule has 3 rings (SSSR count). The molecular formula is C18H21N3O5S. The fourth-order valence-electron chi connectivity index (χ4n) is 3.29. The van der Waals surface area contributed by atoms with Crippen LogP contribution in [0.4, 0.5) is 5.69 Å². The highest BCUT2D eigenvalue weighted by atomic mass is 32.2. The summed E-state index contributed by atoms with van der Waals surface area (Å²) in [6.45, 7) is -0.345. The SMILES string of the molecule is CN(C)S(=O)(=O)c1ccc(NC(=O)CN2C(=O)[C@H]3CC=CC[C@@H]3C2=O)cc1. The van der Waals surface area contributed by atoms with Crippen LogP contribution < -0.4 is 5.32 Å². The largest absolute Gasteiger partial charge is 0.325 e. The van der Waals surface area contributed by atoms with Crippen molar-refractivity contribution in [3.8, 4) is 0 Å². The molecule has 0 bridgehead atoms. The van der Waals surface area contributed by atoms with Crippen LogP contribution in [-0.2, 0) is 24.4 Å². The summed E-state index contributed by atoms with van der Waals surface area (Å²) in [6.07, 6.45) is 4.82. The van der Waals surface area contributed by atoms with Crippen molar-refractivity contribution in [2.75, 3.05) is 26.0 Å². The number of likely N-dealkylation sites (tertiary alicyclic amines) is 1. The predicted octanol–water partition coefficient (Wildman–Crippen LogP) is 0.827. The number of nitrogens with one attached hydrogen (secondary N) is 1. The summed E-state index contributed by atoms with van der Waals surface area (Å²) >= 11 is 0. The first-order chi connectivity index (χ1) is 12.7. The number of carbonyl (C=O) groups excluding carboxylic acids is 3. The van der Waals surface area contributed by atoms with E-state index < -0.39 is 15.9 Å². The average molecular weight is 391 g/mol. The number of allylic oxidation sites excluding steroid dienone is 2. The second-order valence-electron chi connectivity index (χ2n) is 6.78. The van der Waals surface area contributed by atoms with E-state index in [2.05, 4.69) is 5.32 Å². The minimum absolute atomic E-state index is 0.104. The van der Waals surface area contributed by atoms with E-state index in [1.54, 1.807) is 0 Å². The van der Waals surface area contributed by atoms with Gasteiger partial charge in [-0.15, -0.1) is 0 Å². The first kappa shape index (κ1) is 19.2. The normalized spacial score (nSPS) is 22.3. The molecule has 144 valence electrons. The van der Waals surface area contributed by atoms with Gasteiger partial charge in [-0.2, -0.15) is 0 Å². The molecule has 8 nitrogen and oxygen atoms in total. The molecule has 3 amide bonds. The van der Waals surface area contributed by atoms with Gasteiger partial charge in [-0.3, -0.25) is 19.3 Å². The number of rotatable bonds is 5. The lowest BCUT2D eigenvalue weighted by Gasteiger charge is -2.15. The number of benzene rings is 1. The van der Waals surface area contributed by atoms with Crippen molar-refractivity contribution in [3.63, 3.8) is 0 Å². The molecule has 0 radical (unpaired) electrons. The van der Waals surface area contributed by atoms with E-state index in [0.717, 1.165) is 9.21 Å². The fraction of sp³-hybridized carbons (Fsp3) is 0.389. The molecule has 27 heavy (non-hydrogen) atoms. The van der Waals surface area contributed by atoms with Gasteiger partial charge in [0.25, 0.3) is 0 Å². The van der Waals surface area contributed by atoms with Crippen molar-refractivity contribution in [1.82, 2.24) is 9.21 Å². The lowest BCUT2D eigenvalue weighted by atomic mass is 9.85. The maximum absolute atomic E-state index is 12.4. The third-order valence-electron chi connectivity index (χ3n) is 4.82. The van der Waals surface area contributed by atoms with Crippen molar-refractivity contribution in [2.24, 2.45) is 11.8 Å². The molecule has 1 aliphatic heterocycles. The summed E-state index contributed by atoms with van der Waals surface area (Å²) in [5.74, 6) is -1.86.